The van der Waals surface area contributed by atoms with Crippen LogP contribution in [0.25, 0.3) is 22.5 Å². The van der Waals surface area contributed by atoms with E-state index in [-0.39, 0.29) is 0 Å². The fraction of sp³-hybridized carbons (Fsp3) is 0.250. The molecule has 0 saturated carbocycles. The number of hydrogen-bond acceptors (Lipinski definition) is 3. The van der Waals surface area contributed by atoms with Gasteiger partial charge in [-0.25, -0.2) is 0 Å². The number of halogens is 1. The summed E-state index contributed by atoms with van der Waals surface area (Å²) < 4.78 is 3.10. The van der Waals surface area contributed by atoms with Gasteiger partial charge in [0.05, 0.1) is 24.1 Å². The Bertz CT molecular complexity index is 746. The molecule has 0 aliphatic rings. The third-order valence-corrected chi connectivity index (χ3v) is 4.26. The Kier molecular flexibility index (Phi) is 4.58. The van der Waals surface area contributed by atoms with Crippen LogP contribution in [0, 0.1) is 3.57 Å². The molecule has 1 N–H and O–H groups in total. The number of pyridine rings is 1. The van der Waals surface area contributed by atoms with Crippen LogP contribution in [-0.4, -0.2) is 45.3 Å². The van der Waals surface area contributed by atoms with Crippen molar-refractivity contribution >= 4 is 22.6 Å². The van der Waals surface area contributed by atoms with Crippen LogP contribution in [0.15, 0.2) is 43.0 Å². The SMILES string of the molecule is CN(C)CCn1cc(-c2cnc(-c3ccc[nH]3)c(I)c2)cn1. The van der Waals surface area contributed by atoms with Crippen molar-refractivity contribution in [1.82, 2.24) is 24.6 Å². The van der Waals surface area contributed by atoms with Crippen LogP contribution in [0.2, 0.25) is 0 Å². The molecule has 0 spiro atoms. The molecule has 114 valence electrons. The molecular weight excluding hydrogens is 389 g/mol. The minimum Gasteiger partial charge on any atom is -0.360 e. The Balaban J connectivity index is 1.82. The van der Waals surface area contributed by atoms with Crippen molar-refractivity contribution in [2.24, 2.45) is 0 Å². The normalized spacial score (nSPS) is 11.3. The molecule has 0 saturated heterocycles. The molecular formula is C16H18IN5. The molecule has 3 heterocycles. The van der Waals surface area contributed by atoms with E-state index in [4.69, 9.17) is 0 Å². The van der Waals surface area contributed by atoms with Gasteiger partial charge in [0.1, 0.15) is 0 Å². The fourth-order valence-corrected chi connectivity index (χ4v) is 2.97. The van der Waals surface area contributed by atoms with Gasteiger partial charge in [0.25, 0.3) is 0 Å². The zero-order valence-electron chi connectivity index (χ0n) is 12.6. The van der Waals surface area contributed by atoms with Crippen LogP contribution in [0.4, 0.5) is 0 Å². The molecule has 0 atom stereocenters. The van der Waals surface area contributed by atoms with Crippen LogP contribution in [0.3, 0.4) is 0 Å². The Hall–Kier alpha value is -1.67. The van der Waals surface area contributed by atoms with E-state index in [1.54, 1.807) is 0 Å². The minimum atomic E-state index is 0.887. The topological polar surface area (TPSA) is 49.7 Å². The lowest BCUT2D eigenvalue weighted by molar-refractivity contribution is 0.373. The number of aromatic amines is 1. The summed E-state index contributed by atoms with van der Waals surface area (Å²) in [5.41, 5.74) is 4.21. The predicted octanol–water partition coefficient (Wildman–Crippen LogP) is 3.11. The fourth-order valence-electron chi connectivity index (χ4n) is 2.21. The van der Waals surface area contributed by atoms with Crippen LogP contribution in [0.1, 0.15) is 0 Å². The van der Waals surface area contributed by atoms with E-state index in [0.29, 0.717) is 0 Å². The average Bonchev–Trinajstić information content (AvgIpc) is 3.16. The van der Waals surface area contributed by atoms with Gasteiger partial charge < -0.3 is 9.88 Å². The lowest BCUT2D eigenvalue weighted by Gasteiger charge is -2.08. The second-order valence-electron chi connectivity index (χ2n) is 5.43. The third kappa shape index (κ3) is 3.38. The van der Waals surface area contributed by atoms with Crippen LogP contribution in [-0.2, 0) is 6.54 Å². The highest BCUT2D eigenvalue weighted by atomic mass is 127. The number of nitrogens with one attached hydrogen (secondary N) is 1. The van der Waals surface area contributed by atoms with Gasteiger partial charge in [0, 0.05) is 39.8 Å². The van der Waals surface area contributed by atoms with Gasteiger partial charge in [0.2, 0.25) is 0 Å². The number of hydrogen-bond donors (Lipinski definition) is 1. The van der Waals surface area contributed by atoms with Crippen molar-refractivity contribution in [3.8, 4) is 22.5 Å². The van der Waals surface area contributed by atoms with Gasteiger partial charge in [-0.2, -0.15) is 5.10 Å². The quantitative estimate of drug-likeness (QED) is 0.662. The van der Waals surface area contributed by atoms with Crippen molar-refractivity contribution in [3.63, 3.8) is 0 Å². The molecule has 0 unspecified atom stereocenters. The first-order valence-corrected chi connectivity index (χ1v) is 8.18. The zero-order chi connectivity index (χ0) is 15.5. The van der Waals surface area contributed by atoms with E-state index in [1.807, 2.05) is 35.4 Å². The summed E-state index contributed by atoms with van der Waals surface area (Å²) in [6, 6.07) is 6.16. The monoisotopic (exact) mass is 407 g/mol. The van der Waals surface area contributed by atoms with Crippen LogP contribution in [0.5, 0.6) is 0 Å². The highest BCUT2D eigenvalue weighted by Gasteiger charge is 2.09. The molecule has 5 nitrogen and oxygen atoms in total. The van der Waals surface area contributed by atoms with Gasteiger partial charge in [-0.1, -0.05) is 0 Å². The molecule has 3 aromatic rings. The van der Waals surface area contributed by atoms with Crippen LogP contribution >= 0.6 is 22.6 Å². The van der Waals surface area contributed by atoms with Crippen molar-refractivity contribution in [1.29, 1.82) is 0 Å². The smallest absolute Gasteiger partial charge is 0.0997 e. The lowest BCUT2D eigenvalue weighted by atomic mass is 10.1. The first kappa shape index (κ1) is 15.2. The molecule has 0 fully saturated rings. The zero-order valence-corrected chi connectivity index (χ0v) is 14.8. The third-order valence-electron chi connectivity index (χ3n) is 3.44. The summed E-state index contributed by atoms with van der Waals surface area (Å²) in [6.07, 6.45) is 7.80. The van der Waals surface area contributed by atoms with Crippen molar-refractivity contribution in [3.05, 3.63) is 46.6 Å². The number of nitrogens with zero attached hydrogens (tertiary/aromatic N) is 4. The summed E-state index contributed by atoms with van der Waals surface area (Å²) in [7, 11) is 4.13. The Morgan fingerprint density at radius 1 is 1.27 bits per heavy atom. The highest BCUT2D eigenvalue weighted by molar-refractivity contribution is 14.1. The molecule has 0 amide bonds. The van der Waals surface area contributed by atoms with E-state index in [0.717, 1.165) is 39.2 Å². The molecule has 0 radical (unpaired) electrons. The lowest BCUT2D eigenvalue weighted by Crippen LogP contribution is -2.18. The number of H-pyrrole nitrogens is 1. The maximum absolute atomic E-state index is 4.60. The van der Waals surface area contributed by atoms with E-state index < -0.39 is 0 Å². The first-order chi connectivity index (χ1) is 10.6. The number of rotatable bonds is 5. The highest BCUT2D eigenvalue weighted by Crippen LogP contribution is 2.26. The first-order valence-electron chi connectivity index (χ1n) is 7.10. The number of likely N-dealkylation sites (N-methyl/N-ethyl adjacent to an activating group) is 1. The summed E-state index contributed by atoms with van der Waals surface area (Å²) >= 11 is 2.33. The van der Waals surface area contributed by atoms with Crippen molar-refractivity contribution in [2.75, 3.05) is 20.6 Å². The molecule has 0 bridgehead atoms. The molecule has 0 aliphatic carbocycles. The van der Waals surface area contributed by atoms with Gasteiger partial charge in [-0.05, 0) is 54.9 Å². The maximum atomic E-state index is 4.60. The largest absolute Gasteiger partial charge is 0.360 e. The van der Waals surface area contributed by atoms with Crippen molar-refractivity contribution in [2.45, 2.75) is 6.54 Å². The van der Waals surface area contributed by atoms with Gasteiger partial charge in [-0.3, -0.25) is 9.67 Å². The Morgan fingerprint density at radius 2 is 2.14 bits per heavy atom. The molecule has 0 aliphatic heterocycles. The average molecular weight is 407 g/mol. The Labute approximate surface area is 143 Å². The predicted molar refractivity (Wildman–Crippen MR) is 96.5 cm³/mol. The molecule has 3 rings (SSSR count). The second kappa shape index (κ2) is 6.62. The summed E-state index contributed by atoms with van der Waals surface area (Å²) in [5, 5.41) is 4.42. The summed E-state index contributed by atoms with van der Waals surface area (Å²) in [6.45, 7) is 1.86. The van der Waals surface area contributed by atoms with Crippen molar-refractivity contribution < 1.29 is 0 Å². The molecule has 22 heavy (non-hydrogen) atoms. The standard InChI is InChI=1S/C16H18IN5/c1-21(2)6-7-22-11-13(10-20-22)12-8-14(17)16(19-9-12)15-4-3-5-18-15/h3-5,8-11,18H,6-7H2,1-2H3. The Morgan fingerprint density at radius 3 is 2.82 bits per heavy atom. The second-order valence-corrected chi connectivity index (χ2v) is 6.60. The molecule has 6 heteroatoms. The van der Waals surface area contributed by atoms with Gasteiger partial charge >= 0.3 is 0 Å². The number of aromatic nitrogens is 4. The molecule has 0 aromatic carbocycles. The van der Waals surface area contributed by atoms with E-state index in [1.165, 1.54) is 0 Å². The van der Waals surface area contributed by atoms with E-state index >= 15 is 0 Å². The van der Waals surface area contributed by atoms with Gasteiger partial charge in [-0.15, -0.1) is 0 Å². The maximum Gasteiger partial charge on any atom is 0.0997 e. The van der Waals surface area contributed by atoms with E-state index in [9.17, 15) is 0 Å². The van der Waals surface area contributed by atoms with Crippen LogP contribution < -0.4 is 0 Å². The summed E-state index contributed by atoms with van der Waals surface area (Å²) in [5.74, 6) is 0. The van der Waals surface area contributed by atoms with Gasteiger partial charge in [0.15, 0.2) is 0 Å². The van der Waals surface area contributed by atoms with E-state index in [2.05, 4.69) is 68.9 Å². The molecule has 3 aromatic heterocycles. The summed E-state index contributed by atoms with van der Waals surface area (Å²) in [4.78, 5) is 9.94. The minimum absolute atomic E-state index is 0.887.